The second-order valence-electron chi connectivity index (χ2n) is 4.55. The van der Waals surface area contributed by atoms with Crippen molar-refractivity contribution >= 4 is 11.5 Å². The summed E-state index contributed by atoms with van der Waals surface area (Å²) >= 11 is 0. The van der Waals surface area contributed by atoms with Crippen molar-refractivity contribution in [1.82, 2.24) is 15.5 Å². The van der Waals surface area contributed by atoms with Crippen molar-refractivity contribution < 1.29 is 0 Å². The van der Waals surface area contributed by atoms with Crippen LogP contribution >= 0.6 is 0 Å². The molecule has 0 atom stereocenters. The van der Waals surface area contributed by atoms with E-state index in [1.165, 1.54) is 11.3 Å². The Labute approximate surface area is 107 Å². The number of hydrogen-bond acceptors (Lipinski definition) is 4. The first-order chi connectivity index (χ1) is 8.84. The third-order valence-corrected chi connectivity index (χ3v) is 3.16. The van der Waals surface area contributed by atoms with Crippen LogP contribution in [-0.4, -0.2) is 23.3 Å². The number of hydrogen-bond donors (Lipinski definition) is 1. The molecule has 1 aromatic heterocycles. The molecule has 1 aliphatic heterocycles. The number of benzene rings is 1. The number of fused-ring (bicyclic) bond motifs is 1. The van der Waals surface area contributed by atoms with Crippen LogP contribution in [0.1, 0.15) is 11.1 Å². The summed E-state index contributed by atoms with van der Waals surface area (Å²) in [5.74, 6) is 0.922. The van der Waals surface area contributed by atoms with Crippen molar-refractivity contribution in [2.24, 2.45) is 0 Å². The molecule has 0 saturated carbocycles. The van der Waals surface area contributed by atoms with E-state index in [0.717, 1.165) is 31.0 Å². The van der Waals surface area contributed by atoms with Crippen LogP contribution in [0.3, 0.4) is 0 Å². The van der Waals surface area contributed by atoms with E-state index >= 15 is 0 Å². The standard InChI is InChI=1S/C14H16N4/c1-11-8-14(17-16-9-11)18-7-6-15-10-12-4-2-3-5-13(12)18/h2-5,8-9,15H,6-7,10H2,1H3. The van der Waals surface area contributed by atoms with Crippen molar-refractivity contribution in [3.8, 4) is 0 Å². The quantitative estimate of drug-likeness (QED) is 0.828. The molecule has 0 fully saturated rings. The molecule has 0 amide bonds. The van der Waals surface area contributed by atoms with Gasteiger partial charge in [0.05, 0.1) is 6.20 Å². The molecule has 18 heavy (non-hydrogen) atoms. The Kier molecular flexibility index (Phi) is 2.94. The fourth-order valence-electron chi connectivity index (χ4n) is 2.28. The molecule has 1 N–H and O–H groups in total. The van der Waals surface area contributed by atoms with Gasteiger partial charge < -0.3 is 10.2 Å². The Morgan fingerprint density at radius 3 is 3.06 bits per heavy atom. The minimum absolute atomic E-state index is 0.909. The van der Waals surface area contributed by atoms with E-state index < -0.39 is 0 Å². The van der Waals surface area contributed by atoms with Crippen LogP contribution in [0.2, 0.25) is 0 Å². The topological polar surface area (TPSA) is 41.1 Å². The molecule has 0 aliphatic carbocycles. The summed E-state index contributed by atoms with van der Waals surface area (Å²) < 4.78 is 0. The summed E-state index contributed by atoms with van der Waals surface area (Å²) in [6.45, 7) is 4.81. The smallest absolute Gasteiger partial charge is 0.155 e. The Balaban J connectivity index is 2.06. The van der Waals surface area contributed by atoms with Crippen LogP contribution in [0.25, 0.3) is 0 Å². The van der Waals surface area contributed by atoms with Gasteiger partial charge >= 0.3 is 0 Å². The maximum atomic E-state index is 4.25. The third-order valence-electron chi connectivity index (χ3n) is 3.16. The minimum atomic E-state index is 0.909. The van der Waals surface area contributed by atoms with Gasteiger partial charge in [-0.05, 0) is 30.2 Å². The Hall–Kier alpha value is -1.94. The van der Waals surface area contributed by atoms with Gasteiger partial charge in [-0.25, -0.2) is 0 Å². The van der Waals surface area contributed by atoms with Gasteiger partial charge in [-0.3, -0.25) is 0 Å². The van der Waals surface area contributed by atoms with Crippen molar-refractivity contribution in [2.45, 2.75) is 13.5 Å². The zero-order valence-corrected chi connectivity index (χ0v) is 10.4. The van der Waals surface area contributed by atoms with E-state index in [1.807, 2.05) is 6.92 Å². The maximum absolute atomic E-state index is 4.25. The van der Waals surface area contributed by atoms with Crippen molar-refractivity contribution in [3.63, 3.8) is 0 Å². The minimum Gasteiger partial charge on any atom is -0.323 e. The average Bonchev–Trinajstić information content (AvgIpc) is 2.61. The summed E-state index contributed by atoms with van der Waals surface area (Å²) in [4.78, 5) is 2.23. The number of nitrogens with one attached hydrogen (secondary N) is 1. The van der Waals surface area contributed by atoms with Crippen LogP contribution in [-0.2, 0) is 6.54 Å². The van der Waals surface area contributed by atoms with Crippen molar-refractivity contribution in [2.75, 3.05) is 18.0 Å². The Morgan fingerprint density at radius 1 is 1.28 bits per heavy atom. The Morgan fingerprint density at radius 2 is 2.17 bits per heavy atom. The third kappa shape index (κ3) is 2.07. The SMILES string of the molecule is Cc1cnnc(N2CCNCc3ccccc32)c1. The molecule has 4 heteroatoms. The van der Waals surface area contributed by atoms with Crippen LogP contribution in [0.5, 0.6) is 0 Å². The highest BCUT2D eigenvalue weighted by Gasteiger charge is 2.17. The fraction of sp³-hybridized carbons (Fsp3) is 0.286. The molecule has 2 heterocycles. The van der Waals surface area contributed by atoms with Gasteiger partial charge in [-0.1, -0.05) is 18.2 Å². The summed E-state index contributed by atoms with van der Waals surface area (Å²) in [5, 5.41) is 11.7. The lowest BCUT2D eigenvalue weighted by Crippen LogP contribution is -2.25. The van der Waals surface area contributed by atoms with Gasteiger partial charge in [0.25, 0.3) is 0 Å². The summed E-state index contributed by atoms with van der Waals surface area (Å²) in [5.41, 5.74) is 3.66. The molecule has 0 saturated heterocycles. The molecule has 0 unspecified atom stereocenters. The van der Waals surface area contributed by atoms with E-state index in [-0.39, 0.29) is 0 Å². The second kappa shape index (κ2) is 4.74. The highest BCUT2D eigenvalue weighted by atomic mass is 15.3. The van der Waals surface area contributed by atoms with Crippen molar-refractivity contribution in [1.29, 1.82) is 0 Å². The normalized spacial score (nSPS) is 15.1. The van der Waals surface area contributed by atoms with Crippen LogP contribution < -0.4 is 10.2 Å². The molecule has 92 valence electrons. The van der Waals surface area contributed by atoms with Gasteiger partial charge in [-0.15, -0.1) is 5.10 Å². The lowest BCUT2D eigenvalue weighted by molar-refractivity contribution is 0.709. The van der Waals surface area contributed by atoms with Gasteiger partial charge in [0.1, 0.15) is 0 Å². The van der Waals surface area contributed by atoms with Gasteiger partial charge in [0.2, 0.25) is 0 Å². The number of rotatable bonds is 1. The zero-order chi connectivity index (χ0) is 12.4. The van der Waals surface area contributed by atoms with Crippen molar-refractivity contribution in [3.05, 3.63) is 47.7 Å². The molecule has 0 radical (unpaired) electrons. The molecular formula is C14H16N4. The number of para-hydroxylation sites is 1. The second-order valence-corrected chi connectivity index (χ2v) is 4.55. The van der Waals surface area contributed by atoms with E-state index in [1.54, 1.807) is 6.20 Å². The zero-order valence-electron chi connectivity index (χ0n) is 10.4. The molecular weight excluding hydrogens is 224 g/mol. The number of aryl methyl sites for hydroxylation is 1. The fourth-order valence-corrected chi connectivity index (χ4v) is 2.28. The van der Waals surface area contributed by atoms with E-state index in [9.17, 15) is 0 Å². The highest BCUT2D eigenvalue weighted by molar-refractivity contribution is 5.64. The van der Waals surface area contributed by atoms with E-state index in [4.69, 9.17) is 0 Å². The molecule has 1 aliphatic rings. The summed E-state index contributed by atoms with van der Waals surface area (Å²) in [6.07, 6.45) is 1.78. The summed E-state index contributed by atoms with van der Waals surface area (Å²) in [7, 11) is 0. The monoisotopic (exact) mass is 240 g/mol. The van der Waals surface area contributed by atoms with Gasteiger partial charge in [-0.2, -0.15) is 5.10 Å². The first-order valence-corrected chi connectivity index (χ1v) is 6.20. The first-order valence-electron chi connectivity index (χ1n) is 6.20. The maximum Gasteiger partial charge on any atom is 0.155 e. The first kappa shape index (κ1) is 11.2. The Bertz CT molecular complexity index is 553. The largest absolute Gasteiger partial charge is 0.323 e. The lowest BCUT2D eigenvalue weighted by Gasteiger charge is -2.23. The molecule has 2 aromatic rings. The average molecular weight is 240 g/mol. The predicted molar refractivity (Wildman–Crippen MR) is 71.9 cm³/mol. The van der Waals surface area contributed by atoms with Crippen LogP contribution in [0, 0.1) is 6.92 Å². The predicted octanol–water partition coefficient (Wildman–Crippen LogP) is 2.03. The molecule has 0 spiro atoms. The van der Waals surface area contributed by atoms with Gasteiger partial charge in [0.15, 0.2) is 5.82 Å². The summed E-state index contributed by atoms with van der Waals surface area (Å²) in [6, 6.07) is 10.5. The molecule has 1 aromatic carbocycles. The molecule has 0 bridgehead atoms. The van der Waals surface area contributed by atoms with Crippen LogP contribution in [0.15, 0.2) is 36.5 Å². The molecule has 4 nitrogen and oxygen atoms in total. The molecule has 3 rings (SSSR count). The van der Waals surface area contributed by atoms with Gasteiger partial charge in [0, 0.05) is 25.3 Å². The number of aromatic nitrogens is 2. The van der Waals surface area contributed by atoms with Crippen LogP contribution in [0.4, 0.5) is 11.5 Å². The lowest BCUT2D eigenvalue weighted by atomic mass is 10.1. The number of anilines is 2. The number of nitrogens with zero attached hydrogens (tertiary/aromatic N) is 3. The highest BCUT2D eigenvalue weighted by Crippen LogP contribution is 2.28. The van der Waals surface area contributed by atoms with E-state index in [2.05, 4.69) is 50.7 Å². The van der Waals surface area contributed by atoms with E-state index in [0.29, 0.717) is 0 Å².